The Hall–Kier alpha value is -2.34. The normalized spacial score (nSPS) is 31.1. The summed E-state index contributed by atoms with van der Waals surface area (Å²) in [4.78, 5) is 21.8. The Balaban J connectivity index is 1.56. The summed E-state index contributed by atoms with van der Waals surface area (Å²) in [7, 11) is 0. The molecule has 0 unspecified atom stereocenters. The fourth-order valence-corrected chi connectivity index (χ4v) is 5.57. The van der Waals surface area contributed by atoms with Crippen LogP contribution in [-0.2, 0) is 0 Å². The molecular formula is C22H23F2N3O. The Morgan fingerprint density at radius 2 is 1.93 bits per heavy atom. The zero-order valence-electron chi connectivity index (χ0n) is 15.8. The van der Waals surface area contributed by atoms with E-state index in [0.717, 1.165) is 37.6 Å². The van der Waals surface area contributed by atoms with Crippen molar-refractivity contribution in [2.75, 3.05) is 19.6 Å². The molecule has 1 aromatic carbocycles. The van der Waals surface area contributed by atoms with Crippen LogP contribution < -0.4 is 0 Å². The van der Waals surface area contributed by atoms with Gasteiger partial charge in [0.15, 0.2) is 11.6 Å². The van der Waals surface area contributed by atoms with Crippen molar-refractivity contribution in [1.82, 2.24) is 14.8 Å². The number of fused-ring (bicyclic) bond motifs is 2. The molecule has 4 aliphatic rings. The lowest BCUT2D eigenvalue weighted by Gasteiger charge is -2.51. The van der Waals surface area contributed by atoms with Crippen molar-refractivity contribution in [2.45, 2.75) is 37.8 Å². The van der Waals surface area contributed by atoms with E-state index in [1.165, 1.54) is 0 Å². The lowest BCUT2D eigenvalue weighted by atomic mass is 9.75. The topological polar surface area (TPSA) is 36.4 Å². The molecule has 0 aliphatic carbocycles. The van der Waals surface area contributed by atoms with E-state index in [1.54, 1.807) is 24.5 Å². The molecule has 0 saturated carbocycles. The minimum Gasteiger partial charge on any atom is -0.333 e. The summed E-state index contributed by atoms with van der Waals surface area (Å²) in [6.07, 6.45) is 5.43. The lowest BCUT2D eigenvalue weighted by Crippen LogP contribution is -2.60. The van der Waals surface area contributed by atoms with E-state index in [0.29, 0.717) is 23.6 Å². The fraction of sp³-hybridized carbons (Fsp3) is 0.455. The largest absolute Gasteiger partial charge is 0.333 e. The van der Waals surface area contributed by atoms with Crippen LogP contribution in [0.25, 0.3) is 0 Å². The Morgan fingerprint density at radius 3 is 2.68 bits per heavy atom. The monoisotopic (exact) mass is 383 g/mol. The van der Waals surface area contributed by atoms with E-state index in [2.05, 4.69) is 9.88 Å². The van der Waals surface area contributed by atoms with Gasteiger partial charge in [0.25, 0.3) is 5.91 Å². The third-order valence-electron chi connectivity index (χ3n) is 6.76. The van der Waals surface area contributed by atoms with Crippen LogP contribution in [0.3, 0.4) is 0 Å². The molecule has 1 aromatic heterocycles. The van der Waals surface area contributed by atoms with Crippen molar-refractivity contribution < 1.29 is 13.6 Å². The van der Waals surface area contributed by atoms with Gasteiger partial charge in [0.1, 0.15) is 0 Å². The first-order chi connectivity index (χ1) is 13.5. The lowest BCUT2D eigenvalue weighted by molar-refractivity contribution is -0.00360. The number of amides is 1. The molecule has 3 atom stereocenters. The third kappa shape index (κ3) is 2.65. The molecule has 6 heteroatoms. The molecule has 4 fully saturated rings. The van der Waals surface area contributed by atoms with Gasteiger partial charge in [0.05, 0.1) is 11.6 Å². The highest BCUT2D eigenvalue weighted by molar-refractivity contribution is 5.94. The minimum absolute atomic E-state index is 0.0446. The van der Waals surface area contributed by atoms with Crippen molar-refractivity contribution in [2.24, 2.45) is 5.92 Å². The van der Waals surface area contributed by atoms with Crippen molar-refractivity contribution in [3.63, 3.8) is 0 Å². The van der Waals surface area contributed by atoms with Crippen LogP contribution in [0.1, 0.15) is 40.2 Å². The molecule has 0 N–H and O–H groups in total. The van der Waals surface area contributed by atoms with Gasteiger partial charge in [0, 0.05) is 30.9 Å². The number of aryl methyl sites for hydroxylation is 1. The van der Waals surface area contributed by atoms with Crippen molar-refractivity contribution in [3.05, 3.63) is 65.0 Å². The number of benzene rings is 1. The van der Waals surface area contributed by atoms with Crippen LogP contribution in [0.2, 0.25) is 0 Å². The molecular weight excluding hydrogens is 360 g/mol. The van der Waals surface area contributed by atoms with Crippen LogP contribution >= 0.6 is 0 Å². The highest BCUT2D eigenvalue weighted by atomic mass is 19.2. The average Bonchev–Trinajstić information content (AvgIpc) is 3.13. The molecule has 4 saturated heterocycles. The molecule has 146 valence electrons. The molecule has 1 amide bonds. The quantitative estimate of drug-likeness (QED) is 0.798. The van der Waals surface area contributed by atoms with Gasteiger partial charge in [-0.2, -0.15) is 0 Å². The summed E-state index contributed by atoms with van der Waals surface area (Å²) in [5.41, 5.74) is 1.89. The molecule has 28 heavy (non-hydrogen) atoms. The number of halogens is 2. The smallest absolute Gasteiger partial charge is 0.255 e. The van der Waals surface area contributed by atoms with Gasteiger partial charge in [-0.25, -0.2) is 8.78 Å². The Kier molecular flexibility index (Phi) is 4.19. The first kappa shape index (κ1) is 17.7. The van der Waals surface area contributed by atoms with Gasteiger partial charge in [-0.3, -0.25) is 14.7 Å². The van der Waals surface area contributed by atoms with Gasteiger partial charge in [-0.15, -0.1) is 0 Å². The van der Waals surface area contributed by atoms with Crippen molar-refractivity contribution >= 4 is 5.91 Å². The number of nitrogens with zero attached hydrogens (tertiary/aromatic N) is 3. The van der Waals surface area contributed by atoms with Gasteiger partial charge >= 0.3 is 0 Å². The van der Waals surface area contributed by atoms with Crippen LogP contribution in [-0.4, -0.2) is 52.4 Å². The van der Waals surface area contributed by atoms with E-state index in [1.807, 2.05) is 17.9 Å². The molecule has 5 heterocycles. The SMILES string of the molecule is Cc1cncc(C(=O)N2C[C@H](c3cccc(F)c3F)[C@H]3[C@@H]2C2CCN3CC2)c1. The number of carbonyl (C=O) groups is 1. The maximum atomic E-state index is 14.7. The summed E-state index contributed by atoms with van der Waals surface area (Å²) in [6, 6.07) is 6.33. The molecule has 2 bridgehead atoms. The minimum atomic E-state index is -0.822. The number of aromatic nitrogens is 1. The molecule has 6 rings (SSSR count). The summed E-state index contributed by atoms with van der Waals surface area (Å²) < 4.78 is 28.6. The van der Waals surface area contributed by atoms with Crippen LogP contribution in [0.5, 0.6) is 0 Å². The maximum absolute atomic E-state index is 14.7. The van der Waals surface area contributed by atoms with E-state index < -0.39 is 11.6 Å². The third-order valence-corrected chi connectivity index (χ3v) is 6.76. The predicted molar refractivity (Wildman–Crippen MR) is 101 cm³/mol. The van der Waals surface area contributed by atoms with Crippen LogP contribution in [0.4, 0.5) is 8.78 Å². The number of likely N-dealkylation sites (tertiary alicyclic amines) is 1. The Morgan fingerprint density at radius 1 is 1.14 bits per heavy atom. The first-order valence-corrected chi connectivity index (χ1v) is 9.95. The van der Waals surface area contributed by atoms with Crippen molar-refractivity contribution in [1.29, 1.82) is 0 Å². The van der Waals surface area contributed by atoms with E-state index in [9.17, 15) is 13.6 Å². The van der Waals surface area contributed by atoms with Gasteiger partial charge < -0.3 is 4.90 Å². The van der Waals surface area contributed by atoms with Crippen LogP contribution in [0, 0.1) is 24.5 Å². The highest BCUT2D eigenvalue weighted by Crippen LogP contribution is 2.47. The molecule has 4 aliphatic heterocycles. The average molecular weight is 383 g/mol. The summed E-state index contributed by atoms with van der Waals surface area (Å²) in [6.45, 7) is 4.26. The van der Waals surface area contributed by atoms with Gasteiger partial charge in [-0.1, -0.05) is 12.1 Å². The predicted octanol–water partition coefficient (Wildman–Crippen LogP) is 3.37. The Labute approximate surface area is 163 Å². The molecule has 4 nitrogen and oxygen atoms in total. The second-order valence-corrected chi connectivity index (χ2v) is 8.31. The highest BCUT2D eigenvalue weighted by Gasteiger charge is 2.55. The van der Waals surface area contributed by atoms with Gasteiger partial charge in [0.2, 0.25) is 0 Å². The molecule has 2 aromatic rings. The zero-order chi connectivity index (χ0) is 19.4. The Bertz CT molecular complexity index is 926. The van der Waals surface area contributed by atoms with Crippen molar-refractivity contribution in [3.8, 4) is 0 Å². The van der Waals surface area contributed by atoms with E-state index >= 15 is 0 Å². The second kappa shape index (κ2) is 6.62. The standard InChI is InChI=1S/C22H23F2N3O/c1-13-9-15(11-25-10-13)22(28)27-12-17(16-3-2-4-18(23)19(16)24)21-20(27)14-5-7-26(21)8-6-14/h2-4,9-11,14,17,20-21H,5-8,12H2,1H3/t17-,20+,21+/m1/s1. The second-order valence-electron chi connectivity index (χ2n) is 8.31. The number of piperidine rings is 3. The van der Waals surface area contributed by atoms with Crippen LogP contribution in [0.15, 0.2) is 36.7 Å². The fourth-order valence-electron chi connectivity index (χ4n) is 5.57. The number of hydrogen-bond acceptors (Lipinski definition) is 3. The number of carbonyl (C=O) groups excluding carboxylic acids is 1. The van der Waals surface area contributed by atoms with Gasteiger partial charge in [-0.05, 0) is 62.0 Å². The summed E-state index contributed by atoms with van der Waals surface area (Å²) >= 11 is 0. The first-order valence-electron chi connectivity index (χ1n) is 9.95. The number of hydrogen-bond donors (Lipinski definition) is 0. The van der Waals surface area contributed by atoms with E-state index in [-0.39, 0.29) is 23.9 Å². The summed E-state index contributed by atoms with van der Waals surface area (Å²) in [5.74, 6) is -1.46. The summed E-state index contributed by atoms with van der Waals surface area (Å²) in [5, 5.41) is 0. The van der Waals surface area contributed by atoms with E-state index in [4.69, 9.17) is 0 Å². The maximum Gasteiger partial charge on any atom is 0.255 e. The number of rotatable bonds is 2. The molecule has 0 radical (unpaired) electrons. The number of pyridine rings is 1. The molecule has 0 spiro atoms. The zero-order valence-corrected chi connectivity index (χ0v) is 15.8.